The van der Waals surface area contributed by atoms with Gasteiger partial charge in [-0.3, -0.25) is 0 Å². The predicted molar refractivity (Wildman–Crippen MR) is 56.1 cm³/mol. The smallest absolute Gasteiger partial charge is 0.119 e. The van der Waals surface area contributed by atoms with E-state index in [1.54, 1.807) is 6.07 Å². The molecule has 0 saturated carbocycles. The fraction of sp³-hybridized carbons (Fsp3) is 0.500. The van der Waals surface area contributed by atoms with Crippen LogP contribution < -0.4 is 0 Å². The first-order chi connectivity index (χ1) is 6.45. The van der Waals surface area contributed by atoms with Gasteiger partial charge in [0.2, 0.25) is 0 Å². The van der Waals surface area contributed by atoms with Crippen LogP contribution in [0.4, 0.5) is 4.39 Å². The first kappa shape index (κ1) is 11.2. The van der Waals surface area contributed by atoms with Gasteiger partial charge in [0.05, 0.1) is 0 Å². The van der Waals surface area contributed by atoms with E-state index in [0.717, 1.165) is 5.56 Å². The number of halogens is 1. The van der Waals surface area contributed by atoms with Crippen molar-refractivity contribution in [3.8, 4) is 0 Å². The Hall–Kier alpha value is -0.890. The molecule has 0 spiro atoms. The molecule has 78 valence electrons. The van der Waals surface area contributed by atoms with Crippen molar-refractivity contribution in [2.24, 2.45) is 0 Å². The third-order valence-electron chi connectivity index (χ3n) is 2.28. The van der Waals surface area contributed by atoms with Crippen LogP contribution in [0.25, 0.3) is 0 Å². The summed E-state index contributed by atoms with van der Waals surface area (Å²) >= 11 is 0. The Bertz CT molecular complexity index is 301. The highest BCUT2D eigenvalue weighted by atomic mass is 19.1. The third-order valence-corrected chi connectivity index (χ3v) is 2.28. The Morgan fingerprint density at radius 1 is 1.36 bits per heavy atom. The van der Waals surface area contributed by atoms with Gasteiger partial charge in [-0.05, 0) is 16.5 Å². The van der Waals surface area contributed by atoms with Crippen molar-refractivity contribution in [1.29, 1.82) is 0 Å². The Labute approximate surface area is 84.6 Å². The zero-order valence-corrected chi connectivity index (χ0v) is 8.92. The molecular formula is C12H17FO. The lowest BCUT2D eigenvalue weighted by Crippen LogP contribution is -2.12. The summed E-state index contributed by atoms with van der Waals surface area (Å²) in [5.41, 5.74) is 1.80. The summed E-state index contributed by atoms with van der Waals surface area (Å²) < 4.78 is 12.3. The average Bonchev–Trinajstić information content (AvgIpc) is 2.15. The SMILES string of the molecule is CC(C)(C)c1cccc(C(O)CF)c1. The van der Waals surface area contributed by atoms with Gasteiger partial charge in [0.15, 0.2) is 0 Å². The minimum absolute atomic E-state index is 0.0338. The minimum Gasteiger partial charge on any atom is -0.386 e. The average molecular weight is 196 g/mol. The van der Waals surface area contributed by atoms with Crippen molar-refractivity contribution >= 4 is 0 Å². The minimum atomic E-state index is -0.989. The number of alkyl halides is 1. The van der Waals surface area contributed by atoms with Crippen LogP contribution in [0.1, 0.15) is 38.0 Å². The molecule has 0 fully saturated rings. The summed E-state index contributed by atoms with van der Waals surface area (Å²) in [6, 6.07) is 7.47. The summed E-state index contributed by atoms with van der Waals surface area (Å²) in [7, 11) is 0. The maximum Gasteiger partial charge on any atom is 0.119 e. The van der Waals surface area contributed by atoms with Gasteiger partial charge in [-0.15, -0.1) is 0 Å². The largest absolute Gasteiger partial charge is 0.386 e. The highest BCUT2D eigenvalue weighted by molar-refractivity contribution is 5.29. The van der Waals surface area contributed by atoms with E-state index in [0.29, 0.717) is 5.56 Å². The number of hydrogen-bond donors (Lipinski definition) is 1. The van der Waals surface area contributed by atoms with Crippen LogP contribution in [-0.4, -0.2) is 11.8 Å². The maximum atomic E-state index is 12.3. The van der Waals surface area contributed by atoms with E-state index < -0.39 is 12.8 Å². The van der Waals surface area contributed by atoms with Crippen molar-refractivity contribution in [3.05, 3.63) is 35.4 Å². The molecular weight excluding hydrogens is 179 g/mol. The lowest BCUT2D eigenvalue weighted by Gasteiger charge is -2.20. The molecule has 1 aromatic rings. The summed E-state index contributed by atoms with van der Waals surface area (Å²) in [5, 5.41) is 9.34. The Morgan fingerprint density at radius 2 is 2.00 bits per heavy atom. The zero-order valence-electron chi connectivity index (χ0n) is 8.92. The number of hydrogen-bond acceptors (Lipinski definition) is 1. The monoisotopic (exact) mass is 196 g/mol. The molecule has 1 rings (SSSR count). The van der Waals surface area contributed by atoms with E-state index in [-0.39, 0.29) is 5.41 Å². The molecule has 14 heavy (non-hydrogen) atoms. The van der Waals surface area contributed by atoms with Crippen molar-refractivity contribution < 1.29 is 9.50 Å². The molecule has 1 N–H and O–H groups in total. The Morgan fingerprint density at radius 3 is 2.50 bits per heavy atom. The van der Waals surface area contributed by atoms with E-state index in [2.05, 4.69) is 20.8 Å². The quantitative estimate of drug-likeness (QED) is 0.771. The first-order valence-corrected chi connectivity index (χ1v) is 4.79. The van der Waals surface area contributed by atoms with Crippen LogP contribution in [-0.2, 0) is 5.41 Å². The van der Waals surface area contributed by atoms with Crippen LogP contribution >= 0.6 is 0 Å². The summed E-state index contributed by atoms with van der Waals surface area (Å²) in [6.45, 7) is 5.55. The van der Waals surface area contributed by atoms with Crippen LogP contribution in [0.15, 0.2) is 24.3 Å². The van der Waals surface area contributed by atoms with Gasteiger partial charge >= 0.3 is 0 Å². The van der Waals surface area contributed by atoms with Gasteiger partial charge in [0, 0.05) is 0 Å². The molecule has 0 saturated heterocycles. The molecule has 0 heterocycles. The number of benzene rings is 1. The Balaban J connectivity index is 3.01. The summed E-state index contributed by atoms with van der Waals surface area (Å²) in [6.07, 6.45) is -0.989. The predicted octanol–water partition coefficient (Wildman–Crippen LogP) is 2.99. The molecule has 1 atom stereocenters. The molecule has 0 aromatic heterocycles. The molecule has 0 aliphatic carbocycles. The molecule has 1 unspecified atom stereocenters. The normalized spacial score (nSPS) is 14.1. The van der Waals surface area contributed by atoms with Crippen LogP contribution in [0.3, 0.4) is 0 Å². The molecule has 0 aliphatic rings. The van der Waals surface area contributed by atoms with Gasteiger partial charge in [0.25, 0.3) is 0 Å². The van der Waals surface area contributed by atoms with Gasteiger partial charge < -0.3 is 5.11 Å². The topological polar surface area (TPSA) is 20.2 Å². The standard InChI is InChI=1S/C12H17FO/c1-12(2,3)10-6-4-5-9(7-10)11(14)8-13/h4-7,11,14H,8H2,1-3H3. The lowest BCUT2D eigenvalue weighted by molar-refractivity contribution is 0.141. The molecule has 1 nitrogen and oxygen atoms in total. The molecule has 0 bridgehead atoms. The Kier molecular flexibility index (Phi) is 3.27. The fourth-order valence-corrected chi connectivity index (χ4v) is 1.30. The second-order valence-corrected chi connectivity index (χ2v) is 4.55. The van der Waals surface area contributed by atoms with E-state index in [1.165, 1.54) is 0 Å². The highest BCUT2D eigenvalue weighted by Gasteiger charge is 2.15. The molecule has 2 heteroatoms. The number of rotatable bonds is 2. The molecule has 0 amide bonds. The van der Waals surface area contributed by atoms with Gasteiger partial charge in [-0.1, -0.05) is 45.0 Å². The molecule has 0 aliphatic heterocycles. The summed E-state index contributed by atoms with van der Waals surface area (Å²) in [5.74, 6) is 0. The van der Waals surface area contributed by atoms with Gasteiger partial charge in [-0.2, -0.15) is 0 Å². The second-order valence-electron chi connectivity index (χ2n) is 4.55. The molecule has 1 aromatic carbocycles. The van der Waals surface area contributed by atoms with Crippen molar-refractivity contribution in [2.45, 2.75) is 32.3 Å². The van der Waals surface area contributed by atoms with Crippen molar-refractivity contribution in [2.75, 3.05) is 6.67 Å². The summed E-state index contributed by atoms with van der Waals surface area (Å²) in [4.78, 5) is 0. The maximum absolute atomic E-state index is 12.3. The first-order valence-electron chi connectivity index (χ1n) is 4.79. The van der Waals surface area contributed by atoms with Crippen molar-refractivity contribution in [1.82, 2.24) is 0 Å². The van der Waals surface area contributed by atoms with E-state index in [9.17, 15) is 9.50 Å². The van der Waals surface area contributed by atoms with Crippen LogP contribution in [0.5, 0.6) is 0 Å². The van der Waals surface area contributed by atoms with Crippen LogP contribution in [0.2, 0.25) is 0 Å². The highest BCUT2D eigenvalue weighted by Crippen LogP contribution is 2.25. The van der Waals surface area contributed by atoms with E-state index >= 15 is 0 Å². The lowest BCUT2D eigenvalue weighted by atomic mass is 9.86. The number of aliphatic hydroxyl groups is 1. The second kappa shape index (κ2) is 4.09. The van der Waals surface area contributed by atoms with E-state index in [1.807, 2.05) is 18.2 Å². The van der Waals surface area contributed by atoms with Gasteiger partial charge in [-0.25, -0.2) is 4.39 Å². The number of aliphatic hydroxyl groups excluding tert-OH is 1. The fourth-order valence-electron chi connectivity index (χ4n) is 1.30. The zero-order chi connectivity index (χ0) is 10.8. The van der Waals surface area contributed by atoms with Crippen LogP contribution in [0, 0.1) is 0 Å². The third kappa shape index (κ3) is 2.55. The van der Waals surface area contributed by atoms with Crippen molar-refractivity contribution in [3.63, 3.8) is 0 Å². The van der Waals surface area contributed by atoms with Gasteiger partial charge in [0.1, 0.15) is 12.8 Å². The molecule has 0 radical (unpaired) electrons. The van der Waals surface area contributed by atoms with E-state index in [4.69, 9.17) is 0 Å².